The second-order valence-corrected chi connectivity index (χ2v) is 4.92. The highest BCUT2D eigenvalue weighted by Gasteiger charge is 2.37. The Morgan fingerprint density at radius 3 is 3.00 bits per heavy atom. The van der Waals surface area contributed by atoms with Crippen LogP contribution < -0.4 is 0 Å². The van der Waals surface area contributed by atoms with Crippen molar-refractivity contribution in [2.24, 2.45) is 5.92 Å². The molecule has 1 saturated heterocycles. The fourth-order valence-corrected chi connectivity index (χ4v) is 2.58. The van der Waals surface area contributed by atoms with Gasteiger partial charge in [0, 0.05) is 12.6 Å². The molecule has 1 aliphatic rings. The maximum Gasteiger partial charge on any atom is 0.310 e. The molecule has 2 atom stereocenters. The van der Waals surface area contributed by atoms with E-state index < -0.39 is 11.9 Å². The van der Waals surface area contributed by atoms with Crippen molar-refractivity contribution < 1.29 is 14.6 Å². The van der Waals surface area contributed by atoms with Crippen LogP contribution in [0.15, 0.2) is 24.3 Å². The van der Waals surface area contributed by atoms with Crippen LogP contribution in [0, 0.1) is 17.2 Å². The Bertz CT molecular complexity index is 524. The fourth-order valence-electron chi connectivity index (χ4n) is 2.58. The summed E-state index contributed by atoms with van der Waals surface area (Å²) in [5.41, 5.74) is 1.64. The van der Waals surface area contributed by atoms with Crippen LogP contribution in [-0.2, 0) is 16.1 Å². The Morgan fingerprint density at radius 2 is 2.35 bits per heavy atom. The SMILES string of the molecule is CCN(Cc1cccc(C#N)c1)C1COCC1C(=O)O. The lowest BCUT2D eigenvalue weighted by Gasteiger charge is -2.29. The molecule has 20 heavy (non-hydrogen) atoms. The molecule has 106 valence electrons. The van der Waals surface area contributed by atoms with E-state index in [0.717, 1.165) is 12.1 Å². The minimum atomic E-state index is -0.809. The van der Waals surface area contributed by atoms with E-state index in [9.17, 15) is 9.90 Å². The molecule has 1 aromatic carbocycles. The molecule has 0 aliphatic carbocycles. The number of aliphatic carboxylic acids is 1. The molecule has 2 unspecified atom stereocenters. The first-order valence-electron chi connectivity index (χ1n) is 6.69. The molecule has 0 amide bonds. The highest BCUT2D eigenvalue weighted by atomic mass is 16.5. The Balaban J connectivity index is 2.12. The van der Waals surface area contributed by atoms with Crippen LogP contribution in [-0.4, -0.2) is 41.8 Å². The number of carboxylic acids is 1. The van der Waals surface area contributed by atoms with E-state index in [4.69, 9.17) is 10.00 Å². The predicted octanol–water partition coefficient (Wildman–Crippen LogP) is 1.48. The molecule has 1 N–H and O–H groups in total. The van der Waals surface area contributed by atoms with Gasteiger partial charge in [0.2, 0.25) is 0 Å². The average Bonchev–Trinajstić information content (AvgIpc) is 2.94. The van der Waals surface area contributed by atoms with Crippen LogP contribution in [0.4, 0.5) is 0 Å². The van der Waals surface area contributed by atoms with E-state index in [0.29, 0.717) is 18.7 Å². The van der Waals surface area contributed by atoms with Gasteiger partial charge < -0.3 is 9.84 Å². The van der Waals surface area contributed by atoms with Crippen molar-refractivity contribution in [3.8, 4) is 6.07 Å². The predicted molar refractivity (Wildman–Crippen MR) is 73.0 cm³/mol. The van der Waals surface area contributed by atoms with Gasteiger partial charge in [0.25, 0.3) is 0 Å². The first-order valence-corrected chi connectivity index (χ1v) is 6.69. The fraction of sp³-hybridized carbons (Fsp3) is 0.467. The number of rotatable bonds is 5. The number of hydrogen-bond donors (Lipinski definition) is 1. The molecule has 1 fully saturated rings. The third-order valence-corrected chi connectivity index (χ3v) is 3.68. The average molecular weight is 274 g/mol. The first kappa shape index (κ1) is 14.5. The lowest BCUT2D eigenvalue weighted by Crippen LogP contribution is -2.42. The van der Waals surface area contributed by atoms with Gasteiger partial charge in [0.1, 0.15) is 0 Å². The zero-order valence-corrected chi connectivity index (χ0v) is 11.5. The first-order chi connectivity index (χ1) is 9.65. The van der Waals surface area contributed by atoms with Crippen molar-refractivity contribution in [1.29, 1.82) is 5.26 Å². The van der Waals surface area contributed by atoms with E-state index in [1.54, 1.807) is 6.07 Å². The van der Waals surface area contributed by atoms with Crippen molar-refractivity contribution >= 4 is 5.97 Å². The van der Waals surface area contributed by atoms with Gasteiger partial charge in [-0.05, 0) is 24.2 Å². The Kier molecular flexibility index (Phi) is 4.72. The number of nitriles is 1. The standard InChI is InChI=1S/C15H18N2O3/c1-2-17(14-10-20-9-13(14)15(18)19)8-12-5-3-4-11(6-12)7-16/h3-6,13-14H,2,8-10H2,1H3,(H,18,19). The number of benzene rings is 1. The van der Waals surface area contributed by atoms with Crippen LogP contribution in [0.5, 0.6) is 0 Å². The van der Waals surface area contributed by atoms with Gasteiger partial charge in [-0.25, -0.2) is 0 Å². The quantitative estimate of drug-likeness (QED) is 0.880. The molecular weight excluding hydrogens is 256 g/mol. The normalized spacial score (nSPS) is 21.9. The summed E-state index contributed by atoms with van der Waals surface area (Å²) < 4.78 is 5.32. The molecule has 5 heteroatoms. The lowest BCUT2D eigenvalue weighted by molar-refractivity contribution is -0.143. The van der Waals surface area contributed by atoms with Crippen LogP contribution in [0.3, 0.4) is 0 Å². The van der Waals surface area contributed by atoms with Crippen molar-refractivity contribution in [2.75, 3.05) is 19.8 Å². The highest BCUT2D eigenvalue weighted by molar-refractivity contribution is 5.71. The second kappa shape index (κ2) is 6.51. The van der Waals surface area contributed by atoms with Gasteiger partial charge in [-0.2, -0.15) is 5.26 Å². The summed E-state index contributed by atoms with van der Waals surface area (Å²) in [5, 5.41) is 18.1. The third kappa shape index (κ3) is 3.16. The summed E-state index contributed by atoms with van der Waals surface area (Å²) >= 11 is 0. The largest absolute Gasteiger partial charge is 0.481 e. The van der Waals surface area contributed by atoms with Gasteiger partial charge >= 0.3 is 5.97 Å². The zero-order valence-electron chi connectivity index (χ0n) is 11.5. The molecule has 0 bridgehead atoms. The van der Waals surface area contributed by atoms with E-state index in [1.165, 1.54) is 0 Å². The summed E-state index contributed by atoms with van der Waals surface area (Å²) in [7, 11) is 0. The summed E-state index contributed by atoms with van der Waals surface area (Å²) in [5.74, 6) is -1.29. The second-order valence-electron chi connectivity index (χ2n) is 4.92. The number of carbonyl (C=O) groups is 1. The molecule has 0 radical (unpaired) electrons. The molecule has 1 aliphatic heterocycles. The minimum Gasteiger partial charge on any atom is -0.481 e. The monoisotopic (exact) mass is 274 g/mol. The van der Waals surface area contributed by atoms with Crippen LogP contribution in [0.2, 0.25) is 0 Å². The Hall–Kier alpha value is -1.90. The van der Waals surface area contributed by atoms with Gasteiger partial charge in [-0.1, -0.05) is 19.1 Å². The van der Waals surface area contributed by atoms with E-state index >= 15 is 0 Å². The lowest BCUT2D eigenvalue weighted by atomic mass is 10.0. The summed E-state index contributed by atoms with van der Waals surface area (Å²) in [6.07, 6.45) is 0. The van der Waals surface area contributed by atoms with Crippen molar-refractivity contribution in [3.05, 3.63) is 35.4 Å². The third-order valence-electron chi connectivity index (χ3n) is 3.68. The molecule has 1 aromatic rings. The van der Waals surface area contributed by atoms with Gasteiger partial charge in [-0.3, -0.25) is 9.69 Å². The van der Waals surface area contributed by atoms with Crippen molar-refractivity contribution in [3.63, 3.8) is 0 Å². The number of nitrogens with zero attached hydrogens (tertiary/aromatic N) is 2. The molecule has 5 nitrogen and oxygen atoms in total. The molecule has 1 heterocycles. The maximum absolute atomic E-state index is 11.2. The topological polar surface area (TPSA) is 73.6 Å². The number of carboxylic acid groups (broad SMARTS) is 1. The highest BCUT2D eigenvalue weighted by Crippen LogP contribution is 2.22. The summed E-state index contributed by atoms with van der Waals surface area (Å²) in [4.78, 5) is 13.3. The Labute approximate surface area is 118 Å². The van der Waals surface area contributed by atoms with Crippen molar-refractivity contribution in [2.45, 2.75) is 19.5 Å². The van der Waals surface area contributed by atoms with Gasteiger partial charge in [0.15, 0.2) is 0 Å². The summed E-state index contributed by atoms with van der Waals surface area (Å²) in [6.45, 7) is 4.10. The maximum atomic E-state index is 11.2. The van der Waals surface area contributed by atoms with Crippen LogP contribution in [0.1, 0.15) is 18.1 Å². The Morgan fingerprint density at radius 1 is 1.55 bits per heavy atom. The van der Waals surface area contributed by atoms with Crippen LogP contribution >= 0.6 is 0 Å². The molecule has 2 rings (SSSR count). The molecular formula is C15H18N2O3. The van der Waals surface area contributed by atoms with E-state index in [2.05, 4.69) is 11.0 Å². The molecule has 0 spiro atoms. The number of ether oxygens (including phenoxy) is 1. The van der Waals surface area contributed by atoms with Gasteiger partial charge in [0.05, 0.1) is 30.8 Å². The molecule has 0 saturated carbocycles. The van der Waals surface area contributed by atoms with E-state index in [1.807, 2.05) is 25.1 Å². The summed E-state index contributed by atoms with van der Waals surface area (Å²) in [6, 6.07) is 9.42. The van der Waals surface area contributed by atoms with E-state index in [-0.39, 0.29) is 12.6 Å². The number of likely N-dealkylation sites (N-methyl/N-ethyl adjacent to an activating group) is 1. The smallest absolute Gasteiger partial charge is 0.310 e. The van der Waals surface area contributed by atoms with Gasteiger partial charge in [-0.15, -0.1) is 0 Å². The zero-order chi connectivity index (χ0) is 14.5. The van der Waals surface area contributed by atoms with Crippen LogP contribution in [0.25, 0.3) is 0 Å². The molecule has 0 aromatic heterocycles. The minimum absolute atomic E-state index is 0.108. The number of hydrogen-bond acceptors (Lipinski definition) is 4. The van der Waals surface area contributed by atoms with Crippen molar-refractivity contribution in [1.82, 2.24) is 4.90 Å².